The number of hydrogen-bond donors (Lipinski definition) is 0. The molecule has 0 saturated carbocycles. The molecular formula is C16H16BrCl2N3O2S. The van der Waals surface area contributed by atoms with E-state index in [1.54, 1.807) is 30.3 Å². The van der Waals surface area contributed by atoms with Crippen LogP contribution < -0.4 is 0 Å². The summed E-state index contributed by atoms with van der Waals surface area (Å²) in [7, 11) is -3.47. The standard InChI is InChI=1S/C16H16BrCl2N3O2S/c17-13-2-1-3-14(10-13)25(23,24)22-6-4-21(5-7-22)11-12-8-15(18)20-16(19)9-12/h1-3,8-10H,4-7,11H2. The molecule has 1 aliphatic heterocycles. The fourth-order valence-corrected chi connectivity index (χ4v) is 5.29. The van der Waals surface area contributed by atoms with E-state index in [0.717, 1.165) is 10.0 Å². The van der Waals surface area contributed by atoms with Gasteiger partial charge in [-0.15, -0.1) is 0 Å². The molecule has 2 heterocycles. The molecule has 5 nitrogen and oxygen atoms in total. The van der Waals surface area contributed by atoms with Crippen molar-refractivity contribution in [3.8, 4) is 0 Å². The Morgan fingerprint density at radius 1 is 1.04 bits per heavy atom. The van der Waals surface area contributed by atoms with E-state index >= 15 is 0 Å². The van der Waals surface area contributed by atoms with Crippen LogP contribution in [-0.2, 0) is 16.6 Å². The molecule has 0 spiro atoms. The fourth-order valence-electron chi connectivity index (χ4n) is 2.77. The number of halogens is 3. The third-order valence-electron chi connectivity index (χ3n) is 3.99. The van der Waals surface area contributed by atoms with Crippen LogP contribution in [0.25, 0.3) is 0 Å². The maximum Gasteiger partial charge on any atom is 0.243 e. The van der Waals surface area contributed by atoms with Crippen molar-refractivity contribution in [2.75, 3.05) is 26.2 Å². The highest BCUT2D eigenvalue weighted by Gasteiger charge is 2.28. The molecule has 1 fully saturated rings. The predicted octanol–water partition coefficient (Wildman–Crippen LogP) is 3.66. The van der Waals surface area contributed by atoms with Crippen LogP contribution in [0.2, 0.25) is 10.3 Å². The smallest absolute Gasteiger partial charge is 0.243 e. The van der Waals surface area contributed by atoms with E-state index < -0.39 is 10.0 Å². The topological polar surface area (TPSA) is 53.5 Å². The van der Waals surface area contributed by atoms with E-state index in [1.807, 2.05) is 6.07 Å². The van der Waals surface area contributed by atoms with Crippen LogP contribution in [0.3, 0.4) is 0 Å². The van der Waals surface area contributed by atoms with Crippen LogP contribution in [0.5, 0.6) is 0 Å². The van der Waals surface area contributed by atoms with Crippen LogP contribution in [0.1, 0.15) is 5.56 Å². The summed E-state index contributed by atoms with van der Waals surface area (Å²) < 4.78 is 27.7. The van der Waals surface area contributed by atoms with E-state index in [0.29, 0.717) is 47.9 Å². The highest BCUT2D eigenvalue weighted by atomic mass is 79.9. The van der Waals surface area contributed by atoms with Gasteiger partial charge in [-0.1, -0.05) is 45.2 Å². The van der Waals surface area contributed by atoms with Gasteiger partial charge in [-0.05, 0) is 35.9 Å². The molecule has 0 aliphatic carbocycles. The number of nitrogens with zero attached hydrogens (tertiary/aromatic N) is 3. The molecular weight excluding hydrogens is 449 g/mol. The Morgan fingerprint density at radius 3 is 2.28 bits per heavy atom. The van der Waals surface area contributed by atoms with E-state index in [2.05, 4.69) is 25.8 Å². The molecule has 2 aromatic rings. The minimum absolute atomic E-state index is 0.308. The normalized spacial score (nSPS) is 16.9. The molecule has 1 aromatic carbocycles. The van der Waals surface area contributed by atoms with Crippen LogP contribution in [0.4, 0.5) is 0 Å². The van der Waals surface area contributed by atoms with Gasteiger partial charge in [0.2, 0.25) is 10.0 Å². The Bertz CT molecular complexity index is 851. The summed E-state index contributed by atoms with van der Waals surface area (Å²) in [5, 5.41) is 0.719. The molecule has 1 saturated heterocycles. The van der Waals surface area contributed by atoms with Gasteiger partial charge in [-0.25, -0.2) is 13.4 Å². The maximum absolute atomic E-state index is 12.7. The summed E-state index contributed by atoms with van der Waals surface area (Å²) in [5.74, 6) is 0. The van der Waals surface area contributed by atoms with Gasteiger partial charge in [0.15, 0.2) is 0 Å². The van der Waals surface area contributed by atoms with E-state index in [1.165, 1.54) is 4.31 Å². The van der Waals surface area contributed by atoms with Crippen molar-refractivity contribution >= 4 is 49.2 Å². The third kappa shape index (κ3) is 4.72. The van der Waals surface area contributed by atoms with Gasteiger partial charge in [0.05, 0.1) is 4.90 Å². The first kappa shape index (κ1) is 19.1. The lowest BCUT2D eigenvalue weighted by molar-refractivity contribution is 0.181. The minimum atomic E-state index is -3.47. The fraction of sp³-hybridized carbons (Fsp3) is 0.312. The van der Waals surface area contributed by atoms with Crippen molar-refractivity contribution in [1.29, 1.82) is 0 Å². The Kier molecular flexibility index (Phi) is 6.03. The Balaban J connectivity index is 1.65. The number of aromatic nitrogens is 1. The number of piperazine rings is 1. The van der Waals surface area contributed by atoms with Crippen molar-refractivity contribution in [3.05, 3.63) is 56.7 Å². The first-order chi connectivity index (χ1) is 11.8. The van der Waals surface area contributed by atoms with Gasteiger partial charge in [0, 0.05) is 37.2 Å². The SMILES string of the molecule is O=S(=O)(c1cccc(Br)c1)N1CCN(Cc2cc(Cl)nc(Cl)c2)CC1. The number of sulfonamides is 1. The number of hydrogen-bond acceptors (Lipinski definition) is 4. The van der Waals surface area contributed by atoms with Crippen LogP contribution in [0.15, 0.2) is 45.8 Å². The molecule has 25 heavy (non-hydrogen) atoms. The summed E-state index contributed by atoms with van der Waals surface area (Å²) in [6.07, 6.45) is 0. The summed E-state index contributed by atoms with van der Waals surface area (Å²) in [6, 6.07) is 10.3. The number of pyridine rings is 1. The highest BCUT2D eigenvalue weighted by Crippen LogP contribution is 2.22. The second-order valence-corrected chi connectivity index (χ2v) is 9.39. The lowest BCUT2D eigenvalue weighted by Crippen LogP contribution is -2.48. The average Bonchev–Trinajstić information content (AvgIpc) is 2.54. The first-order valence-electron chi connectivity index (χ1n) is 7.64. The molecule has 1 aliphatic rings. The Morgan fingerprint density at radius 2 is 1.68 bits per heavy atom. The molecule has 3 rings (SSSR count). The molecule has 0 N–H and O–H groups in total. The molecule has 9 heteroatoms. The van der Waals surface area contributed by atoms with Crippen molar-refractivity contribution in [2.45, 2.75) is 11.4 Å². The zero-order valence-electron chi connectivity index (χ0n) is 13.2. The van der Waals surface area contributed by atoms with Crippen LogP contribution in [-0.4, -0.2) is 48.8 Å². The van der Waals surface area contributed by atoms with E-state index in [-0.39, 0.29) is 0 Å². The summed E-state index contributed by atoms with van der Waals surface area (Å²) in [6.45, 7) is 2.84. The van der Waals surface area contributed by atoms with Crippen molar-refractivity contribution < 1.29 is 8.42 Å². The minimum Gasteiger partial charge on any atom is -0.296 e. The molecule has 134 valence electrons. The van der Waals surface area contributed by atoms with Crippen LogP contribution in [0, 0.1) is 0 Å². The number of rotatable bonds is 4. The largest absolute Gasteiger partial charge is 0.296 e. The molecule has 0 amide bonds. The van der Waals surface area contributed by atoms with Gasteiger partial charge in [0.25, 0.3) is 0 Å². The second-order valence-electron chi connectivity index (χ2n) is 5.76. The van der Waals surface area contributed by atoms with E-state index in [4.69, 9.17) is 23.2 Å². The summed E-state index contributed by atoms with van der Waals surface area (Å²) >= 11 is 15.2. The van der Waals surface area contributed by atoms with Gasteiger partial charge < -0.3 is 0 Å². The van der Waals surface area contributed by atoms with Gasteiger partial charge in [0.1, 0.15) is 10.3 Å². The molecule has 0 atom stereocenters. The summed E-state index contributed by atoms with van der Waals surface area (Å²) in [5.41, 5.74) is 0.966. The Hall–Kier alpha value is -0.700. The van der Waals surface area contributed by atoms with Crippen molar-refractivity contribution in [2.24, 2.45) is 0 Å². The lowest BCUT2D eigenvalue weighted by Gasteiger charge is -2.34. The predicted molar refractivity (Wildman–Crippen MR) is 102 cm³/mol. The van der Waals surface area contributed by atoms with E-state index in [9.17, 15) is 8.42 Å². The Labute approximate surface area is 165 Å². The first-order valence-corrected chi connectivity index (χ1v) is 10.6. The summed E-state index contributed by atoms with van der Waals surface area (Å²) in [4.78, 5) is 6.42. The third-order valence-corrected chi connectivity index (χ3v) is 6.77. The highest BCUT2D eigenvalue weighted by molar-refractivity contribution is 9.10. The molecule has 0 radical (unpaired) electrons. The van der Waals surface area contributed by atoms with Crippen LogP contribution >= 0.6 is 39.1 Å². The quantitative estimate of drug-likeness (QED) is 0.648. The van der Waals surface area contributed by atoms with Crippen molar-refractivity contribution in [1.82, 2.24) is 14.2 Å². The molecule has 0 bridgehead atoms. The zero-order chi connectivity index (χ0) is 18.0. The van der Waals surface area contributed by atoms with Gasteiger partial charge in [-0.3, -0.25) is 4.90 Å². The van der Waals surface area contributed by atoms with Crippen molar-refractivity contribution in [3.63, 3.8) is 0 Å². The number of benzene rings is 1. The second kappa shape index (κ2) is 7.90. The van der Waals surface area contributed by atoms with Gasteiger partial charge in [-0.2, -0.15) is 4.31 Å². The maximum atomic E-state index is 12.7. The lowest BCUT2D eigenvalue weighted by atomic mass is 10.2. The molecule has 1 aromatic heterocycles. The monoisotopic (exact) mass is 463 g/mol. The van der Waals surface area contributed by atoms with Gasteiger partial charge >= 0.3 is 0 Å². The zero-order valence-corrected chi connectivity index (χ0v) is 17.1. The molecule has 0 unspecified atom stereocenters. The average molecular weight is 465 g/mol.